The molecule has 0 saturated heterocycles. The van der Waals surface area contributed by atoms with Crippen molar-refractivity contribution >= 4 is 50.1 Å². The molecule has 0 amide bonds. The van der Waals surface area contributed by atoms with Gasteiger partial charge in [0.05, 0.1) is 0 Å². The summed E-state index contributed by atoms with van der Waals surface area (Å²) in [5.74, 6) is 0. The molecule has 0 spiro atoms. The highest BCUT2D eigenvalue weighted by Crippen LogP contribution is 2.25. The number of hydrogen-bond acceptors (Lipinski definition) is 0. The third kappa shape index (κ3) is 1.86. The second kappa shape index (κ2) is 3.41. The average molecular weight is 331 g/mol. The van der Waals surface area contributed by atoms with Crippen LogP contribution in [-0.2, 0) is 0 Å². The van der Waals surface area contributed by atoms with Crippen LogP contribution in [0.5, 0.6) is 0 Å². The quantitative estimate of drug-likeness (QED) is 0.630. The van der Waals surface area contributed by atoms with Crippen molar-refractivity contribution in [2.75, 3.05) is 0 Å². The minimum absolute atomic E-state index is 0.780. The summed E-state index contributed by atoms with van der Waals surface area (Å²) in [5, 5.41) is 0.780. The first kappa shape index (κ1) is 8.81. The fraction of sp³-hybridized carbons (Fsp3) is 0.143. The van der Waals surface area contributed by atoms with Crippen molar-refractivity contribution in [3.63, 3.8) is 0 Å². The molecular formula is C7H5BrClI. The molecular weight excluding hydrogens is 326 g/mol. The van der Waals surface area contributed by atoms with E-state index in [-0.39, 0.29) is 0 Å². The van der Waals surface area contributed by atoms with Crippen molar-refractivity contribution in [3.8, 4) is 0 Å². The Balaban J connectivity index is 3.31. The van der Waals surface area contributed by atoms with E-state index in [0.717, 1.165) is 9.50 Å². The van der Waals surface area contributed by atoms with Crippen molar-refractivity contribution in [1.29, 1.82) is 0 Å². The van der Waals surface area contributed by atoms with Gasteiger partial charge in [0.1, 0.15) is 0 Å². The maximum Gasteiger partial charge on any atom is 0.0427 e. The molecule has 1 rings (SSSR count). The fourth-order valence-electron chi connectivity index (χ4n) is 0.614. The Morgan fingerprint density at radius 2 is 2.10 bits per heavy atom. The average Bonchev–Trinajstić information content (AvgIpc) is 1.82. The predicted octanol–water partition coefficient (Wildman–Crippen LogP) is 4.02. The first-order valence-electron chi connectivity index (χ1n) is 2.72. The predicted molar refractivity (Wildman–Crippen MR) is 56.6 cm³/mol. The minimum Gasteiger partial charge on any atom is -0.0843 e. The Bertz CT molecular complexity index is 237. The van der Waals surface area contributed by atoms with E-state index in [1.54, 1.807) is 0 Å². The van der Waals surface area contributed by atoms with Gasteiger partial charge in [-0.15, -0.1) is 0 Å². The summed E-state index contributed by atoms with van der Waals surface area (Å²) in [6.07, 6.45) is 0. The van der Waals surface area contributed by atoms with Gasteiger partial charge in [0.25, 0.3) is 0 Å². The molecule has 54 valence electrons. The zero-order valence-corrected chi connectivity index (χ0v) is 9.79. The van der Waals surface area contributed by atoms with Gasteiger partial charge < -0.3 is 0 Å². The van der Waals surface area contributed by atoms with Gasteiger partial charge in [-0.2, -0.15) is 0 Å². The van der Waals surface area contributed by atoms with Crippen LogP contribution < -0.4 is 0 Å². The Morgan fingerprint density at radius 3 is 2.60 bits per heavy atom. The van der Waals surface area contributed by atoms with Gasteiger partial charge >= 0.3 is 0 Å². The molecule has 0 nitrogen and oxygen atoms in total. The van der Waals surface area contributed by atoms with E-state index in [1.165, 1.54) is 9.13 Å². The summed E-state index contributed by atoms with van der Waals surface area (Å²) in [7, 11) is 0. The maximum absolute atomic E-state index is 5.79. The van der Waals surface area contributed by atoms with Crippen LogP contribution in [0.1, 0.15) is 5.56 Å². The monoisotopic (exact) mass is 330 g/mol. The van der Waals surface area contributed by atoms with Crippen LogP contribution in [-0.4, -0.2) is 0 Å². The Labute approximate surface area is 87.2 Å². The van der Waals surface area contributed by atoms with Crippen LogP contribution in [0, 0.1) is 10.5 Å². The van der Waals surface area contributed by atoms with Crippen LogP contribution in [0.15, 0.2) is 16.6 Å². The molecule has 0 aliphatic rings. The topological polar surface area (TPSA) is 0 Å². The van der Waals surface area contributed by atoms with Crippen molar-refractivity contribution in [3.05, 3.63) is 30.8 Å². The number of halogens is 3. The van der Waals surface area contributed by atoms with Crippen molar-refractivity contribution in [2.24, 2.45) is 0 Å². The fourth-order valence-corrected chi connectivity index (χ4v) is 2.61. The van der Waals surface area contributed by atoms with Crippen LogP contribution in [0.3, 0.4) is 0 Å². The van der Waals surface area contributed by atoms with E-state index in [0.29, 0.717) is 0 Å². The molecule has 0 atom stereocenters. The summed E-state index contributed by atoms with van der Waals surface area (Å²) in [6.45, 7) is 2.06. The molecule has 0 N–H and O–H groups in total. The highest BCUT2D eigenvalue weighted by atomic mass is 127. The lowest BCUT2D eigenvalue weighted by Gasteiger charge is -2.00. The lowest BCUT2D eigenvalue weighted by atomic mass is 10.2. The molecule has 3 heteroatoms. The Kier molecular flexibility index (Phi) is 3.01. The zero-order chi connectivity index (χ0) is 7.72. The molecule has 0 heterocycles. The SMILES string of the molecule is Cc1c(Br)cc(Cl)cc1I. The molecule has 0 aliphatic carbocycles. The summed E-state index contributed by atoms with van der Waals surface area (Å²) < 4.78 is 2.27. The first-order chi connectivity index (χ1) is 4.61. The van der Waals surface area contributed by atoms with Gasteiger partial charge in [0.15, 0.2) is 0 Å². The van der Waals surface area contributed by atoms with Gasteiger partial charge in [-0.05, 0) is 47.2 Å². The molecule has 0 aromatic heterocycles. The lowest BCUT2D eigenvalue weighted by molar-refractivity contribution is 1.39. The number of rotatable bonds is 0. The Morgan fingerprint density at radius 1 is 1.50 bits per heavy atom. The lowest BCUT2D eigenvalue weighted by Crippen LogP contribution is -1.80. The van der Waals surface area contributed by atoms with Crippen molar-refractivity contribution < 1.29 is 0 Å². The molecule has 10 heavy (non-hydrogen) atoms. The molecule has 0 bridgehead atoms. The zero-order valence-electron chi connectivity index (χ0n) is 5.29. The first-order valence-corrected chi connectivity index (χ1v) is 4.97. The van der Waals surface area contributed by atoms with E-state index in [9.17, 15) is 0 Å². The van der Waals surface area contributed by atoms with E-state index in [4.69, 9.17) is 11.6 Å². The third-order valence-electron chi connectivity index (χ3n) is 1.25. The summed E-state index contributed by atoms with van der Waals surface area (Å²) >= 11 is 11.5. The second-order valence-electron chi connectivity index (χ2n) is 1.99. The maximum atomic E-state index is 5.79. The second-order valence-corrected chi connectivity index (χ2v) is 4.45. The highest BCUT2D eigenvalue weighted by molar-refractivity contribution is 14.1. The van der Waals surface area contributed by atoms with E-state index >= 15 is 0 Å². The molecule has 0 unspecified atom stereocenters. The largest absolute Gasteiger partial charge is 0.0843 e. The number of benzene rings is 1. The summed E-state index contributed by atoms with van der Waals surface area (Å²) in [4.78, 5) is 0. The molecule has 0 fully saturated rings. The van der Waals surface area contributed by atoms with Gasteiger partial charge in [0.2, 0.25) is 0 Å². The highest BCUT2D eigenvalue weighted by Gasteiger charge is 2.00. The van der Waals surface area contributed by atoms with Gasteiger partial charge in [0, 0.05) is 13.1 Å². The van der Waals surface area contributed by atoms with Gasteiger partial charge in [-0.3, -0.25) is 0 Å². The van der Waals surface area contributed by atoms with Gasteiger partial charge in [-0.1, -0.05) is 27.5 Å². The van der Waals surface area contributed by atoms with Crippen LogP contribution >= 0.6 is 50.1 Å². The van der Waals surface area contributed by atoms with E-state index in [2.05, 4.69) is 45.4 Å². The molecule has 0 radical (unpaired) electrons. The smallest absolute Gasteiger partial charge is 0.0427 e. The Hall–Kier alpha value is 0.720. The number of hydrogen-bond donors (Lipinski definition) is 0. The summed E-state index contributed by atoms with van der Waals surface area (Å²) in [6, 6.07) is 3.85. The van der Waals surface area contributed by atoms with E-state index < -0.39 is 0 Å². The molecule has 1 aromatic rings. The van der Waals surface area contributed by atoms with Gasteiger partial charge in [-0.25, -0.2) is 0 Å². The molecule has 0 aliphatic heterocycles. The van der Waals surface area contributed by atoms with Crippen LogP contribution in [0.4, 0.5) is 0 Å². The molecule has 1 aromatic carbocycles. The standard InChI is InChI=1S/C7H5BrClI/c1-4-6(8)2-5(9)3-7(4)10/h2-3H,1H3. The van der Waals surface area contributed by atoms with Crippen LogP contribution in [0.25, 0.3) is 0 Å². The summed E-state index contributed by atoms with van der Waals surface area (Å²) in [5.41, 5.74) is 1.24. The molecule has 0 saturated carbocycles. The minimum atomic E-state index is 0.780. The van der Waals surface area contributed by atoms with E-state index in [1.807, 2.05) is 12.1 Å². The normalized spacial score (nSPS) is 10.0. The third-order valence-corrected chi connectivity index (χ3v) is 3.41. The van der Waals surface area contributed by atoms with Crippen molar-refractivity contribution in [2.45, 2.75) is 6.92 Å². The van der Waals surface area contributed by atoms with Crippen LogP contribution in [0.2, 0.25) is 5.02 Å². The van der Waals surface area contributed by atoms with Crippen molar-refractivity contribution in [1.82, 2.24) is 0 Å².